The van der Waals surface area contributed by atoms with Crippen molar-refractivity contribution in [2.75, 3.05) is 0 Å². The van der Waals surface area contributed by atoms with E-state index in [2.05, 4.69) is 0 Å². The zero-order valence-electron chi connectivity index (χ0n) is 8.26. The molecule has 0 aromatic heterocycles. The summed E-state index contributed by atoms with van der Waals surface area (Å²) in [6, 6.07) is 0.213. The van der Waals surface area contributed by atoms with Crippen molar-refractivity contribution in [2.45, 2.75) is 46.1 Å². The van der Waals surface area contributed by atoms with Crippen LogP contribution in [0, 0.1) is 0 Å². The Bertz CT molecular complexity index is 167. The Hall–Kier alpha value is -0.630. The van der Waals surface area contributed by atoms with Crippen LogP contribution in [0.2, 0.25) is 0 Å². The highest BCUT2D eigenvalue weighted by Gasteiger charge is 1.99. The van der Waals surface area contributed by atoms with E-state index in [1.54, 1.807) is 6.08 Å². The van der Waals surface area contributed by atoms with Gasteiger partial charge < -0.3 is 5.73 Å². The zero-order valence-corrected chi connectivity index (χ0v) is 8.26. The van der Waals surface area contributed by atoms with Crippen molar-refractivity contribution in [2.24, 2.45) is 5.73 Å². The van der Waals surface area contributed by atoms with Crippen LogP contribution in [-0.2, 0) is 4.79 Å². The zero-order chi connectivity index (χ0) is 9.56. The van der Waals surface area contributed by atoms with Crippen LogP contribution in [0.5, 0.6) is 0 Å². The topological polar surface area (TPSA) is 43.1 Å². The Morgan fingerprint density at radius 1 is 1.50 bits per heavy atom. The van der Waals surface area contributed by atoms with Crippen LogP contribution in [0.4, 0.5) is 0 Å². The molecule has 0 aromatic carbocycles. The summed E-state index contributed by atoms with van der Waals surface area (Å²) >= 11 is 0. The van der Waals surface area contributed by atoms with E-state index in [1.165, 1.54) is 0 Å². The van der Waals surface area contributed by atoms with E-state index < -0.39 is 0 Å². The summed E-state index contributed by atoms with van der Waals surface area (Å²) in [6.07, 6.45) is 4.16. The van der Waals surface area contributed by atoms with Crippen LogP contribution in [0.3, 0.4) is 0 Å². The molecule has 0 bridgehead atoms. The first-order valence-corrected chi connectivity index (χ1v) is 4.45. The van der Waals surface area contributed by atoms with Crippen molar-refractivity contribution in [1.29, 1.82) is 0 Å². The smallest absolute Gasteiger partial charge is 0.155 e. The molecule has 0 aliphatic heterocycles. The first kappa shape index (κ1) is 11.4. The average molecular weight is 169 g/mol. The van der Waals surface area contributed by atoms with Crippen LogP contribution >= 0.6 is 0 Å². The molecule has 0 radical (unpaired) electrons. The van der Waals surface area contributed by atoms with E-state index in [4.69, 9.17) is 5.73 Å². The van der Waals surface area contributed by atoms with Crippen molar-refractivity contribution in [3.05, 3.63) is 11.6 Å². The Balaban J connectivity index is 3.52. The first-order valence-electron chi connectivity index (χ1n) is 4.45. The lowest BCUT2D eigenvalue weighted by Crippen LogP contribution is -2.14. The molecule has 12 heavy (non-hydrogen) atoms. The summed E-state index contributed by atoms with van der Waals surface area (Å²) in [5.74, 6) is 0.218. The van der Waals surface area contributed by atoms with Gasteiger partial charge in [0.1, 0.15) is 0 Å². The van der Waals surface area contributed by atoms with Crippen LogP contribution < -0.4 is 5.73 Å². The molecule has 0 aliphatic carbocycles. The molecular weight excluding hydrogens is 150 g/mol. The number of nitrogens with two attached hydrogens (primary N) is 1. The third-order valence-electron chi connectivity index (χ3n) is 1.53. The third-order valence-corrected chi connectivity index (χ3v) is 1.53. The number of hydrogen-bond donors (Lipinski definition) is 1. The molecule has 1 atom stereocenters. The average Bonchev–Trinajstić information content (AvgIpc) is 1.84. The van der Waals surface area contributed by atoms with Gasteiger partial charge in [-0.3, -0.25) is 4.79 Å². The van der Waals surface area contributed by atoms with Gasteiger partial charge in [-0.15, -0.1) is 0 Å². The Morgan fingerprint density at radius 3 is 2.50 bits per heavy atom. The molecule has 0 spiro atoms. The summed E-state index contributed by atoms with van der Waals surface area (Å²) in [7, 11) is 0. The van der Waals surface area contributed by atoms with Gasteiger partial charge >= 0.3 is 0 Å². The summed E-state index contributed by atoms with van der Waals surface area (Å²) in [5.41, 5.74) is 6.62. The molecule has 70 valence electrons. The van der Waals surface area contributed by atoms with Gasteiger partial charge in [0, 0.05) is 12.5 Å². The standard InChI is InChI=1S/C10H19NO/c1-8(2)7-10(12)6-4-5-9(3)11/h7,9H,4-6,11H2,1-3H3. The highest BCUT2D eigenvalue weighted by molar-refractivity contribution is 5.90. The minimum absolute atomic E-state index is 0.213. The van der Waals surface area contributed by atoms with Gasteiger partial charge in [0.05, 0.1) is 0 Å². The molecule has 2 heteroatoms. The summed E-state index contributed by atoms with van der Waals surface area (Å²) in [5, 5.41) is 0. The lowest BCUT2D eigenvalue weighted by atomic mass is 10.1. The van der Waals surface area contributed by atoms with Crippen LogP contribution in [-0.4, -0.2) is 11.8 Å². The molecule has 2 N–H and O–H groups in total. The molecule has 0 aliphatic rings. The van der Waals surface area contributed by atoms with Crippen molar-refractivity contribution in [1.82, 2.24) is 0 Å². The summed E-state index contributed by atoms with van der Waals surface area (Å²) in [6.45, 7) is 5.83. The molecule has 1 unspecified atom stereocenters. The third kappa shape index (κ3) is 7.48. The molecule has 0 amide bonds. The van der Waals surface area contributed by atoms with Crippen LogP contribution in [0.25, 0.3) is 0 Å². The molecular formula is C10H19NO. The van der Waals surface area contributed by atoms with Gasteiger partial charge in [-0.05, 0) is 39.7 Å². The first-order chi connectivity index (χ1) is 5.52. The number of carbonyl (C=O) groups excluding carboxylic acids is 1. The lowest BCUT2D eigenvalue weighted by molar-refractivity contribution is -0.114. The van der Waals surface area contributed by atoms with Gasteiger partial charge in [-0.25, -0.2) is 0 Å². The fourth-order valence-electron chi connectivity index (χ4n) is 0.992. The van der Waals surface area contributed by atoms with Gasteiger partial charge in [-0.1, -0.05) is 5.57 Å². The second-order valence-electron chi connectivity index (χ2n) is 3.56. The van der Waals surface area contributed by atoms with Crippen LogP contribution in [0.1, 0.15) is 40.0 Å². The van der Waals surface area contributed by atoms with E-state index in [9.17, 15) is 4.79 Å². The SMILES string of the molecule is CC(C)=CC(=O)CCCC(C)N. The number of carbonyl (C=O) groups is 1. The highest BCUT2D eigenvalue weighted by Crippen LogP contribution is 2.01. The second kappa shape index (κ2) is 5.95. The number of hydrogen-bond acceptors (Lipinski definition) is 2. The largest absolute Gasteiger partial charge is 0.328 e. The Kier molecular flexibility index (Phi) is 5.64. The fourth-order valence-corrected chi connectivity index (χ4v) is 0.992. The fraction of sp³-hybridized carbons (Fsp3) is 0.700. The molecule has 0 aromatic rings. The molecule has 0 saturated carbocycles. The lowest BCUT2D eigenvalue weighted by Gasteiger charge is -2.01. The molecule has 0 saturated heterocycles. The number of rotatable bonds is 5. The van der Waals surface area contributed by atoms with Crippen molar-refractivity contribution < 1.29 is 4.79 Å². The normalized spacial score (nSPS) is 12.3. The summed E-state index contributed by atoms with van der Waals surface area (Å²) < 4.78 is 0. The van der Waals surface area contributed by atoms with Crippen molar-refractivity contribution >= 4 is 5.78 Å². The Morgan fingerprint density at radius 2 is 2.08 bits per heavy atom. The van der Waals surface area contributed by atoms with Gasteiger partial charge in [0.25, 0.3) is 0 Å². The van der Waals surface area contributed by atoms with Crippen LogP contribution in [0.15, 0.2) is 11.6 Å². The maximum Gasteiger partial charge on any atom is 0.155 e. The van der Waals surface area contributed by atoms with Gasteiger partial charge in [0.15, 0.2) is 5.78 Å². The van der Waals surface area contributed by atoms with E-state index in [1.807, 2.05) is 20.8 Å². The quantitative estimate of drug-likeness (QED) is 0.640. The van der Waals surface area contributed by atoms with Crippen molar-refractivity contribution in [3.8, 4) is 0 Å². The Labute approximate surface area is 74.8 Å². The second-order valence-corrected chi connectivity index (χ2v) is 3.56. The van der Waals surface area contributed by atoms with Gasteiger partial charge in [0.2, 0.25) is 0 Å². The minimum atomic E-state index is 0.213. The number of ketones is 1. The predicted molar refractivity (Wildman–Crippen MR) is 51.9 cm³/mol. The highest BCUT2D eigenvalue weighted by atomic mass is 16.1. The predicted octanol–water partition coefficient (Wildman–Crippen LogP) is 2.04. The van der Waals surface area contributed by atoms with E-state index in [0.717, 1.165) is 18.4 Å². The molecule has 2 nitrogen and oxygen atoms in total. The maximum atomic E-state index is 11.1. The molecule has 0 heterocycles. The van der Waals surface area contributed by atoms with Gasteiger partial charge in [-0.2, -0.15) is 0 Å². The van der Waals surface area contributed by atoms with E-state index in [0.29, 0.717) is 6.42 Å². The van der Waals surface area contributed by atoms with E-state index in [-0.39, 0.29) is 11.8 Å². The number of allylic oxidation sites excluding steroid dienone is 2. The minimum Gasteiger partial charge on any atom is -0.328 e. The van der Waals surface area contributed by atoms with E-state index >= 15 is 0 Å². The molecule has 0 fully saturated rings. The maximum absolute atomic E-state index is 11.1. The summed E-state index contributed by atoms with van der Waals surface area (Å²) in [4.78, 5) is 11.1. The van der Waals surface area contributed by atoms with Crippen molar-refractivity contribution in [3.63, 3.8) is 0 Å². The monoisotopic (exact) mass is 169 g/mol. The molecule has 0 rings (SSSR count).